The van der Waals surface area contributed by atoms with Gasteiger partial charge in [-0.15, -0.1) is 11.3 Å². The molecule has 3 aromatic rings. The first-order valence-electron chi connectivity index (χ1n) is 7.57. The van der Waals surface area contributed by atoms with Gasteiger partial charge in [-0.1, -0.05) is 24.3 Å². The van der Waals surface area contributed by atoms with Crippen LogP contribution < -0.4 is 10.6 Å². The number of nitrogens with one attached hydrogen (secondary N) is 2. The number of rotatable bonds is 5. The van der Waals surface area contributed by atoms with E-state index in [1.165, 1.54) is 47.7 Å². The Hall–Kier alpha value is -3.13. The number of halogens is 2. The number of nitrogens with zero attached hydrogens (tertiary/aromatic N) is 1. The maximum Gasteiger partial charge on any atom is 0.254 e. The predicted molar refractivity (Wildman–Crippen MR) is 94.9 cm³/mol. The standard InChI is InChI=1S/C18H13F2N3O2S/c19-12-5-3-4-11(8-12)15-10-26-18(22-15)23-16(24)9-21-17(25)13-6-1-2-7-14(13)20/h1-8,10H,9H2,(H,21,25)(H,22,23,24). The van der Waals surface area contributed by atoms with Gasteiger partial charge in [0, 0.05) is 10.9 Å². The van der Waals surface area contributed by atoms with Crippen molar-refractivity contribution in [1.82, 2.24) is 10.3 Å². The molecular weight excluding hydrogens is 360 g/mol. The van der Waals surface area contributed by atoms with Crippen LogP contribution in [0.5, 0.6) is 0 Å². The molecule has 0 aliphatic heterocycles. The number of amides is 2. The normalized spacial score (nSPS) is 10.4. The van der Waals surface area contributed by atoms with Crippen LogP contribution in [0.4, 0.5) is 13.9 Å². The minimum atomic E-state index is -0.683. The third-order valence-electron chi connectivity index (χ3n) is 3.40. The third-order valence-corrected chi connectivity index (χ3v) is 4.16. The number of hydrogen-bond acceptors (Lipinski definition) is 4. The van der Waals surface area contributed by atoms with E-state index in [-0.39, 0.29) is 17.9 Å². The zero-order chi connectivity index (χ0) is 18.5. The lowest BCUT2D eigenvalue weighted by Gasteiger charge is -2.05. The molecule has 0 aliphatic carbocycles. The molecule has 0 atom stereocenters. The Bertz CT molecular complexity index is 959. The molecule has 0 fully saturated rings. The molecule has 2 N–H and O–H groups in total. The first-order chi connectivity index (χ1) is 12.5. The highest BCUT2D eigenvalue weighted by Crippen LogP contribution is 2.25. The second-order valence-electron chi connectivity index (χ2n) is 5.26. The second kappa shape index (κ2) is 7.83. The summed E-state index contributed by atoms with van der Waals surface area (Å²) in [5.74, 6) is -2.23. The molecule has 0 bridgehead atoms. The lowest BCUT2D eigenvalue weighted by atomic mass is 10.2. The highest BCUT2D eigenvalue weighted by molar-refractivity contribution is 7.14. The van der Waals surface area contributed by atoms with Gasteiger partial charge in [-0.3, -0.25) is 9.59 Å². The summed E-state index contributed by atoms with van der Waals surface area (Å²) in [5, 5.41) is 6.87. The fourth-order valence-corrected chi connectivity index (χ4v) is 2.91. The Morgan fingerprint density at radius 1 is 1.08 bits per heavy atom. The predicted octanol–water partition coefficient (Wildman–Crippen LogP) is 3.46. The smallest absolute Gasteiger partial charge is 0.254 e. The number of aromatic nitrogens is 1. The maximum absolute atomic E-state index is 13.5. The first-order valence-corrected chi connectivity index (χ1v) is 8.45. The van der Waals surface area contributed by atoms with Crippen LogP contribution in [-0.4, -0.2) is 23.3 Å². The van der Waals surface area contributed by atoms with E-state index in [0.717, 1.165) is 0 Å². The van der Waals surface area contributed by atoms with Crippen molar-refractivity contribution in [3.8, 4) is 11.3 Å². The molecule has 0 saturated carbocycles. The molecule has 0 aliphatic rings. The van der Waals surface area contributed by atoms with E-state index in [4.69, 9.17) is 0 Å². The van der Waals surface area contributed by atoms with E-state index >= 15 is 0 Å². The summed E-state index contributed by atoms with van der Waals surface area (Å²) in [5.41, 5.74) is 0.984. The molecule has 5 nitrogen and oxygen atoms in total. The number of anilines is 1. The van der Waals surface area contributed by atoms with Crippen molar-refractivity contribution in [2.75, 3.05) is 11.9 Å². The Balaban J connectivity index is 1.57. The van der Waals surface area contributed by atoms with Crippen LogP contribution in [0, 0.1) is 11.6 Å². The van der Waals surface area contributed by atoms with Crippen LogP contribution in [-0.2, 0) is 4.79 Å². The van der Waals surface area contributed by atoms with Crippen molar-refractivity contribution in [3.63, 3.8) is 0 Å². The fraction of sp³-hybridized carbons (Fsp3) is 0.0556. The van der Waals surface area contributed by atoms with Crippen molar-refractivity contribution >= 4 is 28.3 Å². The average Bonchev–Trinajstić information content (AvgIpc) is 3.08. The highest BCUT2D eigenvalue weighted by Gasteiger charge is 2.13. The van der Waals surface area contributed by atoms with Crippen molar-refractivity contribution in [3.05, 3.63) is 71.1 Å². The molecule has 0 spiro atoms. The molecule has 0 saturated heterocycles. The van der Waals surface area contributed by atoms with Gasteiger partial charge in [-0.25, -0.2) is 13.8 Å². The van der Waals surface area contributed by atoms with E-state index in [0.29, 0.717) is 16.4 Å². The number of benzene rings is 2. The zero-order valence-corrected chi connectivity index (χ0v) is 14.1. The first kappa shape index (κ1) is 17.7. The molecule has 2 aromatic carbocycles. The van der Waals surface area contributed by atoms with Gasteiger partial charge in [-0.2, -0.15) is 0 Å². The summed E-state index contributed by atoms with van der Waals surface area (Å²) in [4.78, 5) is 28.0. The topological polar surface area (TPSA) is 71.1 Å². The largest absolute Gasteiger partial charge is 0.343 e. The van der Waals surface area contributed by atoms with Crippen molar-refractivity contribution < 1.29 is 18.4 Å². The number of carbonyl (C=O) groups is 2. The third kappa shape index (κ3) is 4.28. The molecule has 1 aromatic heterocycles. The van der Waals surface area contributed by atoms with E-state index in [1.54, 1.807) is 17.5 Å². The van der Waals surface area contributed by atoms with Crippen LogP contribution >= 0.6 is 11.3 Å². The van der Waals surface area contributed by atoms with Gasteiger partial charge in [0.15, 0.2) is 5.13 Å². The number of hydrogen-bond donors (Lipinski definition) is 2. The fourth-order valence-electron chi connectivity index (χ4n) is 2.18. The van der Waals surface area contributed by atoms with Gasteiger partial charge in [0.2, 0.25) is 5.91 Å². The molecule has 8 heteroatoms. The molecule has 132 valence electrons. The molecule has 1 heterocycles. The number of carbonyl (C=O) groups excluding carboxylic acids is 2. The summed E-state index contributed by atoms with van der Waals surface area (Å²) in [6.45, 7) is -0.331. The van der Waals surface area contributed by atoms with Crippen molar-refractivity contribution in [2.24, 2.45) is 0 Å². The summed E-state index contributed by atoms with van der Waals surface area (Å²) >= 11 is 1.17. The minimum Gasteiger partial charge on any atom is -0.343 e. The summed E-state index contributed by atoms with van der Waals surface area (Å²) in [7, 11) is 0. The van der Waals surface area contributed by atoms with Gasteiger partial charge in [0.1, 0.15) is 11.6 Å². The van der Waals surface area contributed by atoms with Crippen LogP contribution in [0.1, 0.15) is 10.4 Å². The quantitative estimate of drug-likeness (QED) is 0.720. The summed E-state index contributed by atoms with van der Waals surface area (Å²) in [6, 6.07) is 11.4. The van der Waals surface area contributed by atoms with Gasteiger partial charge in [0.25, 0.3) is 5.91 Å². The summed E-state index contributed by atoms with van der Waals surface area (Å²) in [6.07, 6.45) is 0. The summed E-state index contributed by atoms with van der Waals surface area (Å²) < 4.78 is 26.8. The average molecular weight is 373 g/mol. The van der Waals surface area contributed by atoms with Crippen LogP contribution in [0.2, 0.25) is 0 Å². The second-order valence-corrected chi connectivity index (χ2v) is 6.12. The highest BCUT2D eigenvalue weighted by atomic mass is 32.1. The van der Waals surface area contributed by atoms with E-state index in [9.17, 15) is 18.4 Å². The van der Waals surface area contributed by atoms with Gasteiger partial charge in [-0.05, 0) is 24.3 Å². The molecule has 0 unspecified atom stereocenters. The van der Waals surface area contributed by atoms with Crippen LogP contribution in [0.15, 0.2) is 53.9 Å². The molecule has 0 radical (unpaired) electrons. The molecule has 2 amide bonds. The Labute approximate surface area is 151 Å². The monoisotopic (exact) mass is 373 g/mol. The van der Waals surface area contributed by atoms with Gasteiger partial charge in [0.05, 0.1) is 17.8 Å². The van der Waals surface area contributed by atoms with Crippen molar-refractivity contribution in [1.29, 1.82) is 0 Å². The lowest BCUT2D eigenvalue weighted by molar-refractivity contribution is -0.115. The van der Waals surface area contributed by atoms with E-state index in [1.807, 2.05) is 0 Å². The minimum absolute atomic E-state index is 0.136. The molecular formula is C18H13F2N3O2S. The van der Waals surface area contributed by atoms with Crippen LogP contribution in [0.25, 0.3) is 11.3 Å². The zero-order valence-electron chi connectivity index (χ0n) is 13.3. The van der Waals surface area contributed by atoms with E-state index in [2.05, 4.69) is 15.6 Å². The molecule has 3 rings (SSSR count). The van der Waals surface area contributed by atoms with Crippen molar-refractivity contribution in [2.45, 2.75) is 0 Å². The Morgan fingerprint density at radius 2 is 1.88 bits per heavy atom. The SMILES string of the molecule is O=C(CNC(=O)c1ccccc1F)Nc1nc(-c2cccc(F)c2)cs1. The van der Waals surface area contributed by atoms with Crippen LogP contribution in [0.3, 0.4) is 0 Å². The molecule has 26 heavy (non-hydrogen) atoms. The lowest BCUT2D eigenvalue weighted by Crippen LogP contribution is -2.33. The Morgan fingerprint density at radius 3 is 2.65 bits per heavy atom. The van der Waals surface area contributed by atoms with Gasteiger partial charge < -0.3 is 10.6 Å². The Kier molecular flexibility index (Phi) is 5.33. The van der Waals surface area contributed by atoms with Gasteiger partial charge >= 0.3 is 0 Å². The maximum atomic E-state index is 13.5. The van der Waals surface area contributed by atoms with E-state index < -0.39 is 17.6 Å². The number of thiazole rings is 1.